The Kier molecular flexibility index (Phi) is 4.01. The van der Waals surface area contributed by atoms with Crippen LogP contribution in [0.15, 0.2) is 4.52 Å². The van der Waals surface area contributed by atoms with Crippen LogP contribution in [0.3, 0.4) is 0 Å². The van der Waals surface area contributed by atoms with Gasteiger partial charge in [-0.1, -0.05) is 24.4 Å². The first-order valence-corrected chi connectivity index (χ1v) is 7.13. The van der Waals surface area contributed by atoms with E-state index in [4.69, 9.17) is 9.26 Å². The van der Waals surface area contributed by atoms with Crippen molar-refractivity contribution in [2.75, 3.05) is 0 Å². The molecule has 1 aromatic heterocycles. The van der Waals surface area contributed by atoms with Gasteiger partial charge in [-0.3, -0.25) is 0 Å². The minimum atomic E-state index is -0.582. The lowest BCUT2D eigenvalue weighted by Crippen LogP contribution is -2.49. The minimum Gasteiger partial charge on any atom is -0.444 e. The van der Waals surface area contributed by atoms with Crippen molar-refractivity contribution in [3.05, 3.63) is 11.7 Å². The molecule has 1 N–H and O–H groups in total. The third kappa shape index (κ3) is 3.49. The van der Waals surface area contributed by atoms with E-state index in [0.29, 0.717) is 11.7 Å². The van der Waals surface area contributed by atoms with E-state index in [1.54, 1.807) is 6.92 Å². The Morgan fingerprint density at radius 1 is 1.30 bits per heavy atom. The number of hydrogen-bond acceptors (Lipinski definition) is 5. The molecule has 0 aliphatic heterocycles. The molecule has 1 heterocycles. The normalized spacial score (nSPS) is 18.6. The first kappa shape index (κ1) is 14.8. The van der Waals surface area contributed by atoms with Gasteiger partial charge in [0, 0.05) is 0 Å². The monoisotopic (exact) mass is 281 g/mol. The van der Waals surface area contributed by atoms with Crippen LogP contribution in [0.2, 0.25) is 0 Å². The zero-order valence-corrected chi connectivity index (χ0v) is 12.7. The zero-order valence-electron chi connectivity index (χ0n) is 12.7. The second-order valence-electron chi connectivity index (χ2n) is 6.42. The molecule has 0 aromatic carbocycles. The maximum Gasteiger partial charge on any atom is 0.408 e. The largest absolute Gasteiger partial charge is 0.444 e. The quantitative estimate of drug-likeness (QED) is 0.901. The molecule has 0 unspecified atom stereocenters. The molecule has 1 aliphatic rings. The second-order valence-corrected chi connectivity index (χ2v) is 6.42. The van der Waals surface area contributed by atoms with Crippen LogP contribution in [0.1, 0.15) is 64.6 Å². The molecule has 0 radical (unpaired) electrons. The number of aromatic nitrogens is 2. The number of nitrogens with zero attached hydrogens (tertiary/aromatic N) is 2. The van der Waals surface area contributed by atoms with Crippen molar-refractivity contribution in [3.8, 4) is 0 Å². The standard InChI is InChI=1S/C14H23N3O3/c1-10-15-11(20-17-10)14(8-6-5-7-9-14)16-12(18)19-13(2,3)4/h5-9H2,1-4H3,(H,16,18). The van der Waals surface area contributed by atoms with Crippen molar-refractivity contribution in [2.45, 2.75) is 70.9 Å². The summed E-state index contributed by atoms with van der Waals surface area (Å²) in [5.41, 5.74) is -1.10. The molecule has 1 aromatic rings. The van der Waals surface area contributed by atoms with E-state index in [1.807, 2.05) is 20.8 Å². The van der Waals surface area contributed by atoms with E-state index in [2.05, 4.69) is 15.5 Å². The number of rotatable bonds is 2. The van der Waals surface area contributed by atoms with E-state index in [-0.39, 0.29) is 0 Å². The van der Waals surface area contributed by atoms with Gasteiger partial charge in [-0.05, 0) is 40.5 Å². The Balaban J connectivity index is 2.18. The summed E-state index contributed by atoms with van der Waals surface area (Å²) in [4.78, 5) is 16.4. The topological polar surface area (TPSA) is 77.2 Å². The third-order valence-electron chi connectivity index (χ3n) is 3.38. The van der Waals surface area contributed by atoms with Gasteiger partial charge in [0.2, 0.25) is 0 Å². The lowest BCUT2D eigenvalue weighted by atomic mass is 9.81. The van der Waals surface area contributed by atoms with Crippen LogP contribution in [0, 0.1) is 6.92 Å². The molecule has 6 heteroatoms. The first-order valence-electron chi connectivity index (χ1n) is 7.13. The number of carbonyl (C=O) groups excluding carboxylic acids is 1. The molecule has 0 spiro atoms. The zero-order chi connectivity index (χ0) is 14.8. The fraction of sp³-hybridized carbons (Fsp3) is 0.786. The van der Waals surface area contributed by atoms with Gasteiger partial charge in [0.15, 0.2) is 5.82 Å². The molecule has 1 fully saturated rings. The number of alkyl carbamates (subject to hydrolysis) is 1. The molecule has 112 valence electrons. The summed E-state index contributed by atoms with van der Waals surface area (Å²) < 4.78 is 10.7. The highest BCUT2D eigenvalue weighted by molar-refractivity contribution is 5.69. The summed E-state index contributed by atoms with van der Waals surface area (Å²) in [6.45, 7) is 7.31. The number of aryl methyl sites for hydroxylation is 1. The Labute approximate surface area is 119 Å². The van der Waals surface area contributed by atoms with Gasteiger partial charge in [0.1, 0.15) is 11.1 Å². The molecular weight excluding hydrogens is 258 g/mol. The molecule has 0 bridgehead atoms. The maximum absolute atomic E-state index is 12.1. The molecule has 1 amide bonds. The lowest BCUT2D eigenvalue weighted by Gasteiger charge is -2.35. The van der Waals surface area contributed by atoms with Crippen molar-refractivity contribution >= 4 is 6.09 Å². The summed E-state index contributed by atoms with van der Waals surface area (Å²) in [5, 5.41) is 6.80. The van der Waals surface area contributed by atoms with Gasteiger partial charge >= 0.3 is 6.09 Å². The van der Waals surface area contributed by atoms with Gasteiger partial charge < -0.3 is 14.6 Å². The highest BCUT2D eigenvalue weighted by atomic mass is 16.6. The van der Waals surface area contributed by atoms with Gasteiger partial charge in [0.05, 0.1) is 0 Å². The first-order chi connectivity index (χ1) is 9.31. The predicted molar refractivity (Wildman–Crippen MR) is 73.2 cm³/mol. The predicted octanol–water partition coefficient (Wildman–Crippen LogP) is 3.06. The summed E-state index contributed by atoms with van der Waals surface area (Å²) in [6, 6.07) is 0. The third-order valence-corrected chi connectivity index (χ3v) is 3.38. The Hall–Kier alpha value is -1.59. The Bertz CT molecular complexity index is 470. The van der Waals surface area contributed by atoms with Crippen molar-refractivity contribution in [3.63, 3.8) is 0 Å². The lowest BCUT2D eigenvalue weighted by molar-refractivity contribution is 0.0384. The summed E-state index contributed by atoms with van der Waals surface area (Å²) in [6.07, 6.45) is 4.37. The van der Waals surface area contributed by atoms with E-state index < -0.39 is 17.2 Å². The summed E-state index contributed by atoms with van der Waals surface area (Å²) in [5.74, 6) is 1.07. The SMILES string of the molecule is Cc1noc(C2(NC(=O)OC(C)(C)C)CCCCC2)n1. The van der Waals surface area contributed by atoms with Crippen molar-refractivity contribution < 1.29 is 14.1 Å². The fourth-order valence-corrected chi connectivity index (χ4v) is 2.54. The van der Waals surface area contributed by atoms with Crippen LogP contribution in [-0.4, -0.2) is 21.8 Å². The molecular formula is C14H23N3O3. The van der Waals surface area contributed by atoms with Crippen molar-refractivity contribution in [2.24, 2.45) is 0 Å². The van der Waals surface area contributed by atoms with Gasteiger partial charge in [-0.2, -0.15) is 4.98 Å². The van der Waals surface area contributed by atoms with E-state index in [0.717, 1.165) is 32.1 Å². The Morgan fingerprint density at radius 2 is 1.95 bits per heavy atom. The fourth-order valence-electron chi connectivity index (χ4n) is 2.54. The van der Waals surface area contributed by atoms with E-state index in [9.17, 15) is 4.79 Å². The van der Waals surface area contributed by atoms with Crippen LogP contribution in [0.4, 0.5) is 4.79 Å². The van der Waals surface area contributed by atoms with Crippen LogP contribution in [0.5, 0.6) is 0 Å². The maximum atomic E-state index is 12.1. The minimum absolute atomic E-state index is 0.435. The average Bonchev–Trinajstić information content (AvgIpc) is 2.75. The van der Waals surface area contributed by atoms with E-state index >= 15 is 0 Å². The van der Waals surface area contributed by atoms with Crippen LogP contribution >= 0.6 is 0 Å². The van der Waals surface area contributed by atoms with Crippen LogP contribution < -0.4 is 5.32 Å². The van der Waals surface area contributed by atoms with E-state index in [1.165, 1.54) is 0 Å². The van der Waals surface area contributed by atoms with Crippen LogP contribution in [0.25, 0.3) is 0 Å². The van der Waals surface area contributed by atoms with Crippen molar-refractivity contribution in [1.82, 2.24) is 15.5 Å². The van der Waals surface area contributed by atoms with Crippen molar-refractivity contribution in [1.29, 1.82) is 0 Å². The highest BCUT2D eigenvalue weighted by Crippen LogP contribution is 2.36. The van der Waals surface area contributed by atoms with Gasteiger partial charge in [0.25, 0.3) is 5.89 Å². The average molecular weight is 281 g/mol. The number of carbonyl (C=O) groups is 1. The molecule has 0 saturated heterocycles. The molecule has 1 aliphatic carbocycles. The number of amides is 1. The summed E-state index contributed by atoms with van der Waals surface area (Å²) >= 11 is 0. The second kappa shape index (κ2) is 5.42. The summed E-state index contributed by atoms with van der Waals surface area (Å²) in [7, 11) is 0. The van der Waals surface area contributed by atoms with Crippen LogP contribution in [-0.2, 0) is 10.3 Å². The number of nitrogens with one attached hydrogen (secondary N) is 1. The van der Waals surface area contributed by atoms with Gasteiger partial charge in [-0.15, -0.1) is 0 Å². The molecule has 0 atom stereocenters. The molecule has 1 saturated carbocycles. The Morgan fingerprint density at radius 3 is 2.45 bits per heavy atom. The highest BCUT2D eigenvalue weighted by Gasteiger charge is 2.41. The smallest absolute Gasteiger partial charge is 0.408 e. The molecule has 20 heavy (non-hydrogen) atoms. The molecule has 6 nitrogen and oxygen atoms in total. The number of hydrogen-bond donors (Lipinski definition) is 1. The number of ether oxygens (including phenoxy) is 1. The molecule has 2 rings (SSSR count). The van der Waals surface area contributed by atoms with Gasteiger partial charge in [-0.25, -0.2) is 4.79 Å².